The average molecular weight is 603 g/mol. The van der Waals surface area contributed by atoms with Crippen LogP contribution in [-0.4, -0.2) is 50.5 Å². The largest absolute Gasteiger partial charge is 0.493 e. The molecule has 11 nitrogen and oxygen atoms in total. The topological polar surface area (TPSA) is 137 Å². The van der Waals surface area contributed by atoms with Gasteiger partial charge in [-0.15, -0.1) is 0 Å². The summed E-state index contributed by atoms with van der Waals surface area (Å²) < 4.78 is 22.7. The number of halogens is 1. The van der Waals surface area contributed by atoms with Crippen LogP contribution in [-0.2, 0) is 14.3 Å². The molecule has 0 saturated heterocycles. The Kier molecular flexibility index (Phi) is 10.3. The Morgan fingerprint density at radius 3 is 2.56 bits per heavy atom. The highest BCUT2D eigenvalue weighted by Crippen LogP contribution is 2.34. The first-order chi connectivity index (χ1) is 18.6. The van der Waals surface area contributed by atoms with E-state index in [0.717, 1.165) is 10.0 Å². The monoisotopic (exact) mass is 602 g/mol. The number of hydrazone groups is 1. The van der Waals surface area contributed by atoms with Crippen LogP contribution < -0.4 is 30.3 Å². The fraction of sp³-hybridized carbons (Fsp3) is 0.333. The van der Waals surface area contributed by atoms with Crippen molar-refractivity contribution in [2.24, 2.45) is 5.10 Å². The van der Waals surface area contributed by atoms with E-state index in [1.807, 2.05) is 32.0 Å². The number of rotatable bonds is 11. The van der Waals surface area contributed by atoms with Crippen molar-refractivity contribution in [3.8, 4) is 17.2 Å². The molecule has 12 heteroatoms. The molecule has 3 amide bonds. The molecule has 3 rings (SSSR count). The van der Waals surface area contributed by atoms with E-state index < -0.39 is 23.9 Å². The summed E-state index contributed by atoms with van der Waals surface area (Å²) in [5, 5.41) is 9.28. The molecule has 0 radical (unpaired) electrons. The minimum absolute atomic E-state index is 0.0449. The van der Waals surface area contributed by atoms with Gasteiger partial charge in [0.25, 0.3) is 5.91 Å². The Morgan fingerprint density at radius 2 is 1.90 bits per heavy atom. The summed E-state index contributed by atoms with van der Waals surface area (Å²) in [5.41, 5.74) is 4.41. The van der Waals surface area contributed by atoms with Crippen LogP contribution in [0.5, 0.6) is 17.2 Å². The zero-order valence-corrected chi connectivity index (χ0v) is 23.9. The Labute approximate surface area is 235 Å². The van der Waals surface area contributed by atoms with Crippen molar-refractivity contribution in [2.75, 3.05) is 20.3 Å². The van der Waals surface area contributed by atoms with E-state index >= 15 is 0 Å². The highest BCUT2D eigenvalue weighted by molar-refractivity contribution is 9.10. The van der Waals surface area contributed by atoms with Gasteiger partial charge < -0.3 is 29.6 Å². The molecule has 3 N–H and O–H groups in total. The third kappa shape index (κ3) is 7.96. The molecular formula is C27H31BrN4O7. The number of methoxy groups -OCH3 is 1. The lowest BCUT2D eigenvalue weighted by molar-refractivity contribution is -0.139. The zero-order chi connectivity index (χ0) is 28.5. The van der Waals surface area contributed by atoms with Gasteiger partial charge in [0.05, 0.1) is 42.1 Å². The summed E-state index contributed by atoms with van der Waals surface area (Å²) in [7, 11) is 1.44. The highest BCUT2D eigenvalue weighted by atomic mass is 79.9. The lowest BCUT2D eigenvalue weighted by Gasteiger charge is -2.28. The van der Waals surface area contributed by atoms with Gasteiger partial charge in [-0.05, 0) is 85.1 Å². The van der Waals surface area contributed by atoms with Crippen molar-refractivity contribution in [3.05, 3.63) is 63.3 Å². The number of benzene rings is 2. The number of hydrogen-bond donors (Lipinski definition) is 3. The lowest BCUT2D eigenvalue weighted by atomic mass is 9.95. The number of nitrogens with one attached hydrogen (secondary N) is 3. The quantitative estimate of drug-likeness (QED) is 0.201. The van der Waals surface area contributed by atoms with E-state index in [0.29, 0.717) is 28.5 Å². The molecule has 2 aromatic carbocycles. The number of carbonyl (C=O) groups is 3. The molecule has 0 fully saturated rings. The van der Waals surface area contributed by atoms with Gasteiger partial charge in [0.2, 0.25) is 0 Å². The van der Waals surface area contributed by atoms with Crippen molar-refractivity contribution >= 4 is 40.1 Å². The van der Waals surface area contributed by atoms with Gasteiger partial charge in [0, 0.05) is 5.70 Å². The van der Waals surface area contributed by atoms with Gasteiger partial charge in [0.15, 0.2) is 18.1 Å². The van der Waals surface area contributed by atoms with Gasteiger partial charge in [-0.25, -0.2) is 15.0 Å². The van der Waals surface area contributed by atoms with Crippen molar-refractivity contribution in [2.45, 2.75) is 39.8 Å². The zero-order valence-electron chi connectivity index (χ0n) is 22.3. The predicted octanol–water partition coefficient (Wildman–Crippen LogP) is 3.97. The van der Waals surface area contributed by atoms with E-state index in [2.05, 4.69) is 37.1 Å². The van der Waals surface area contributed by atoms with E-state index in [-0.39, 0.29) is 24.9 Å². The third-order valence-corrected chi connectivity index (χ3v) is 5.99. The number of nitrogens with zero attached hydrogens (tertiary/aromatic N) is 1. The van der Waals surface area contributed by atoms with Crippen LogP contribution >= 0.6 is 15.9 Å². The fourth-order valence-corrected chi connectivity index (χ4v) is 4.20. The SMILES string of the molecule is CCOC(=O)C1=C(C)NC(=O)N[C@H]1c1ccc(OCC(=O)N/N=C/c2ccc(OC(C)C)c(Br)c2)c(OC)c1. The summed E-state index contributed by atoms with van der Waals surface area (Å²) in [6, 6.07) is 9.13. The first-order valence-electron chi connectivity index (χ1n) is 12.2. The maximum atomic E-state index is 12.6. The van der Waals surface area contributed by atoms with Crippen LogP contribution in [0.15, 0.2) is 57.2 Å². The minimum Gasteiger partial charge on any atom is -0.493 e. The fourth-order valence-electron chi connectivity index (χ4n) is 3.71. The van der Waals surface area contributed by atoms with E-state index in [1.165, 1.54) is 13.3 Å². The van der Waals surface area contributed by atoms with Crippen LogP contribution in [0.3, 0.4) is 0 Å². The van der Waals surface area contributed by atoms with Crippen LogP contribution in [0.1, 0.15) is 44.9 Å². The molecule has 1 aliphatic rings. The smallest absolute Gasteiger partial charge is 0.338 e. The number of esters is 1. The maximum absolute atomic E-state index is 12.6. The maximum Gasteiger partial charge on any atom is 0.338 e. The summed E-state index contributed by atoms with van der Waals surface area (Å²) in [6.07, 6.45) is 1.55. The first-order valence-corrected chi connectivity index (χ1v) is 13.0. The molecule has 0 spiro atoms. The van der Waals surface area contributed by atoms with Crippen LogP contribution in [0.25, 0.3) is 0 Å². The lowest BCUT2D eigenvalue weighted by Crippen LogP contribution is -2.45. The molecule has 1 heterocycles. The molecule has 39 heavy (non-hydrogen) atoms. The number of ether oxygens (including phenoxy) is 4. The second-order valence-electron chi connectivity index (χ2n) is 8.64. The predicted molar refractivity (Wildman–Crippen MR) is 148 cm³/mol. The normalized spacial score (nSPS) is 15.1. The molecule has 1 aliphatic heterocycles. The number of carbonyl (C=O) groups excluding carboxylic acids is 3. The van der Waals surface area contributed by atoms with Crippen LogP contribution in [0.4, 0.5) is 4.79 Å². The van der Waals surface area contributed by atoms with Gasteiger partial charge >= 0.3 is 12.0 Å². The number of urea groups is 1. The third-order valence-electron chi connectivity index (χ3n) is 5.37. The molecule has 2 aromatic rings. The van der Waals surface area contributed by atoms with Crippen molar-refractivity contribution in [1.29, 1.82) is 0 Å². The van der Waals surface area contributed by atoms with Gasteiger partial charge in [-0.2, -0.15) is 5.10 Å². The second-order valence-corrected chi connectivity index (χ2v) is 9.49. The van der Waals surface area contributed by atoms with Gasteiger partial charge in [-0.3, -0.25) is 4.79 Å². The van der Waals surface area contributed by atoms with Crippen LogP contribution in [0.2, 0.25) is 0 Å². The molecule has 0 aliphatic carbocycles. The Bertz CT molecular complexity index is 1290. The molecule has 0 bridgehead atoms. The average Bonchev–Trinajstić information content (AvgIpc) is 2.88. The van der Waals surface area contributed by atoms with Crippen molar-refractivity contribution in [1.82, 2.24) is 16.1 Å². The second kappa shape index (κ2) is 13.7. The summed E-state index contributed by atoms with van der Waals surface area (Å²) in [4.78, 5) is 36.9. The van der Waals surface area contributed by atoms with Crippen molar-refractivity contribution in [3.63, 3.8) is 0 Å². The molecular weight excluding hydrogens is 572 g/mol. The number of allylic oxidation sites excluding steroid dienone is 1. The van der Waals surface area contributed by atoms with E-state index in [4.69, 9.17) is 18.9 Å². The number of amides is 3. The Morgan fingerprint density at radius 1 is 1.15 bits per heavy atom. The summed E-state index contributed by atoms with van der Waals surface area (Å²) in [6.45, 7) is 7.08. The summed E-state index contributed by atoms with van der Waals surface area (Å²) >= 11 is 3.46. The molecule has 1 atom stereocenters. The van der Waals surface area contributed by atoms with E-state index in [9.17, 15) is 14.4 Å². The van der Waals surface area contributed by atoms with Crippen molar-refractivity contribution < 1.29 is 33.3 Å². The Balaban J connectivity index is 1.65. The van der Waals surface area contributed by atoms with Crippen LogP contribution in [0, 0.1) is 0 Å². The Hall–Kier alpha value is -4.06. The molecule has 0 saturated carbocycles. The summed E-state index contributed by atoms with van der Waals surface area (Å²) in [5.74, 6) is 0.293. The van der Waals surface area contributed by atoms with Gasteiger partial charge in [0.1, 0.15) is 5.75 Å². The molecule has 0 unspecified atom stereocenters. The first kappa shape index (κ1) is 29.5. The number of hydrogen-bond acceptors (Lipinski definition) is 8. The molecule has 0 aromatic heterocycles. The van der Waals surface area contributed by atoms with E-state index in [1.54, 1.807) is 32.0 Å². The van der Waals surface area contributed by atoms with Gasteiger partial charge in [-0.1, -0.05) is 6.07 Å². The minimum atomic E-state index is -0.760. The molecule has 208 valence electrons. The standard InChI is InChI=1S/C27H31BrN4O7/c1-6-37-26(34)24-16(4)30-27(35)31-25(24)18-8-10-21(22(12-18)36-5)38-14-23(33)32-29-13-17-7-9-20(19(28)11-17)39-15(2)3/h7-13,15,25H,6,14H2,1-5H3,(H,32,33)(H2,30,31,35)/b29-13+/t25-/m0/s1. The highest BCUT2D eigenvalue weighted by Gasteiger charge is 2.32.